The van der Waals surface area contributed by atoms with E-state index in [-0.39, 0.29) is 36.0 Å². The summed E-state index contributed by atoms with van der Waals surface area (Å²) in [7, 11) is 0. The number of carbonyl (C=O) groups is 3. The average Bonchev–Trinajstić information content (AvgIpc) is 3.35. The van der Waals surface area contributed by atoms with Gasteiger partial charge >= 0.3 is 0 Å². The maximum absolute atomic E-state index is 13.5. The molecule has 0 aliphatic carbocycles. The first-order chi connectivity index (χ1) is 18.8. The average molecular weight is 557 g/mol. The van der Waals surface area contributed by atoms with Gasteiger partial charge in [0.1, 0.15) is 6.04 Å². The highest BCUT2D eigenvalue weighted by Crippen LogP contribution is 2.25. The molecule has 0 bridgehead atoms. The van der Waals surface area contributed by atoms with Crippen molar-refractivity contribution in [3.8, 4) is 11.4 Å². The van der Waals surface area contributed by atoms with Crippen molar-refractivity contribution < 1.29 is 14.4 Å². The molecule has 0 unspecified atom stereocenters. The second kappa shape index (κ2) is 15.1. The number of carbonyl (C=O) groups excluding carboxylic acids is 3. The topological polar surface area (TPSA) is 109 Å². The van der Waals surface area contributed by atoms with Crippen LogP contribution in [0.3, 0.4) is 0 Å². The zero-order chi connectivity index (χ0) is 28.4. The van der Waals surface area contributed by atoms with Gasteiger partial charge in [-0.1, -0.05) is 58.0 Å². The molecule has 3 amide bonds. The van der Waals surface area contributed by atoms with Crippen LogP contribution < -0.4 is 10.6 Å². The number of hydrogen-bond donors (Lipinski definition) is 2. The molecule has 1 aromatic carbocycles. The third-order valence-corrected chi connectivity index (χ3v) is 7.94. The summed E-state index contributed by atoms with van der Waals surface area (Å²) < 4.78 is 1.85. The Bertz CT molecular complexity index is 1090. The van der Waals surface area contributed by atoms with Crippen LogP contribution in [0.15, 0.2) is 30.3 Å². The van der Waals surface area contributed by atoms with Gasteiger partial charge < -0.3 is 15.5 Å². The van der Waals surface area contributed by atoms with E-state index in [4.69, 9.17) is 10.1 Å². The van der Waals surface area contributed by atoms with Gasteiger partial charge in [-0.15, -0.1) is 0 Å². The summed E-state index contributed by atoms with van der Waals surface area (Å²) in [6.07, 6.45) is 4.86. The van der Waals surface area contributed by atoms with Gasteiger partial charge in [0.25, 0.3) is 0 Å². The highest BCUT2D eigenvalue weighted by Gasteiger charge is 2.30. The van der Waals surface area contributed by atoms with Crippen molar-refractivity contribution in [2.45, 2.75) is 78.4 Å². The van der Waals surface area contributed by atoms with Crippen molar-refractivity contribution in [1.82, 2.24) is 30.3 Å². The molecule has 0 saturated carbocycles. The molecule has 2 atom stereocenters. The van der Waals surface area contributed by atoms with E-state index in [0.29, 0.717) is 44.1 Å². The van der Waals surface area contributed by atoms with Gasteiger partial charge in [-0.05, 0) is 43.6 Å². The summed E-state index contributed by atoms with van der Waals surface area (Å²) in [4.78, 5) is 46.5. The molecule has 1 aromatic heterocycles. The summed E-state index contributed by atoms with van der Waals surface area (Å²) in [5.74, 6) is 1.69. The van der Waals surface area contributed by atoms with Gasteiger partial charge in [0.05, 0.1) is 12.6 Å². The Balaban J connectivity index is 2.04. The Kier molecular flexibility index (Phi) is 11.8. The molecule has 10 heteroatoms. The van der Waals surface area contributed by atoms with Crippen LogP contribution in [-0.2, 0) is 20.9 Å². The molecule has 0 spiro atoms. The third-order valence-electron chi connectivity index (χ3n) is 7.30. The second-order valence-electron chi connectivity index (χ2n) is 10.5. The van der Waals surface area contributed by atoms with Crippen molar-refractivity contribution >= 4 is 29.5 Å². The Morgan fingerprint density at radius 1 is 1.08 bits per heavy atom. The van der Waals surface area contributed by atoms with Crippen molar-refractivity contribution in [2.24, 2.45) is 11.8 Å². The van der Waals surface area contributed by atoms with E-state index in [0.717, 1.165) is 24.2 Å². The largest absolute Gasteiger partial charge is 0.344 e. The lowest BCUT2D eigenvalue weighted by Gasteiger charge is -2.29. The van der Waals surface area contributed by atoms with Crippen LogP contribution in [0.1, 0.15) is 71.7 Å². The summed E-state index contributed by atoms with van der Waals surface area (Å²) in [6, 6.07) is 8.72. The number of nitrogens with zero attached hydrogens (tertiary/aromatic N) is 4. The lowest BCUT2D eigenvalue weighted by molar-refractivity contribution is -0.136. The fourth-order valence-corrected chi connectivity index (χ4v) is 5.36. The first-order valence-corrected chi connectivity index (χ1v) is 15.6. The summed E-state index contributed by atoms with van der Waals surface area (Å²) in [5, 5.41) is 11.0. The van der Waals surface area contributed by atoms with E-state index >= 15 is 0 Å². The van der Waals surface area contributed by atoms with E-state index in [1.54, 1.807) is 11.8 Å². The SMILES string of the molecule is CCC(CC)C(=O)N1CCCC(=O)N[C@@H](CCSC)C(=O)N[C@H](C(C)C)c2nc(-c3ccccc3)nn2CC1. The van der Waals surface area contributed by atoms with Gasteiger partial charge in [0.15, 0.2) is 11.6 Å². The Hall–Kier alpha value is -2.88. The third kappa shape index (κ3) is 8.30. The van der Waals surface area contributed by atoms with Gasteiger partial charge in [0, 0.05) is 31.0 Å². The van der Waals surface area contributed by atoms with E-state index in [1.165, 1.54) is 0 Å². The smallest absolute Gasteiger partial charge is 0.243 e. The molecule has 2 heterocycles. The van der Waals surface area contributed by atoms with Crippen LogP contribution in [0.25, 0.3) is 11.4 Å². The van der Waals surface area contributed by atoms with E-state index in [1.807, 2.05) is 73.9 Å². The monoisotopic (exact) mass is 556 g/mol. The van der Waals surface area contributed by atoms with Gasteiger partial charge in [-0.25, -0.2) is 9.67 Å². The van der Waals surface area contributed by atoms with E-state index in [2.05, 4.69) is 10.6 Å². The Morgan fingerprint density at radius 2 is 1.79 bits per heavy atom. The quantitative estimate of drug-likeness (QED) is 0.508. The summed E-state index contributed by atoms with van der Waals surface area (Å²) in [6.45, 7) is 9.53. The number of amides is 3. The molecule has 0 saturated heterocycles. The normalized spacial score (nSPS) is 19.4. The second-order valence-corrected chi connectivity index (χ2v) is 11.4. The van der Waals surface area contributed by atoms with Crippen molar-refractivity contribution in [3.63, 3.8) is 0 Å². The van der Waals surface area contributed by atoms with Crippen LogP contribution >= 0.6 is 11.8 Å². The van der Waals surface area contributed by atoms with Crippen LogP contribution in [0.2, 0.25) is 0 Å². The minimum Gasteiger partial charge on any atom is -0.344 e. The molecule has 39 heavy (non-hydrogen) atoms. The van der Waals surface area contributed by atoms with Gasteiger partial charge in [-0.3, -0.25) is 14.4 Å². The minimum atomic E-state index is -0.638. The van der Waals surface area contributed by atoms with Crippen molar-refractivity contribution in [2.75, 3.05) is 25.1 Å². The van der Waals surface area contributed by atoms with Crippen molar-refractivity contribution in [3.05, 3.63) is 36.2 Å². The first kappa shape index (κ1) is 30.7. The van der Waals surface area contributed by atoms with Gasteiger partial charge in [0.2, 0.25) is 17.7 Å². The van der Waals surface area contributed by atoms with Crippen LogP contribution in [-0.4, -0.2) is 68.5 Å². The molecule has 214 valence electrons. The zero-order valence-corrected chi connectivity index (χ0v) is 24.8. The molecule has 1 aliphatic heterocycles. The summed E-state index contributed by atoms with van der Waals surface area (Å²) >= 11 is 1.64. The predicted octanol–water partition coefficient (Wildman–Crippen LogP) is 4.05. The lowest BCUT2D eigenvalue weighted by Crippen LogP contribution is -2.49. The first-order valence-electron chi connectivity index (χ1n) is 14.2. The van der Waals surface area contributed by atoms with Crippen LogP contribution in [0.5, 0.6) is 0 Å². The maximum atomic E-state index is 13.5. The van der Waals surface area contributed by atoms with Crippen LogP contribution in [0, 0.1) is 11.8 Å². The molecular formula is C29H44N6O3S. The molecule has 0 fully saturated rings. The molecule has 0 radical (unpaired) electrons. The fraction of sp³-hybridized carbons (Fsp3) is 0.621. The number of hydrogen-bond acceptors (Lipinski definition) is 6. The fourth-order valence-electron chi connectivity index (χ4n) is 4.89. The molecule has 1 aliphatic rings. The van der Waals surface area contributed by atoms with E-state index < -0.39 is 12.1 Å². The Labute approximate surface area is 236 Å². The molecule has 2 aromatic rings. The standard InChI is InChI=1S/C29H44N6O3S/c1-6-21(7-2)29(38)34-16-11-14-24(36)30-23(15-19-39-5)28(37)31-25(20(3)4)27-32-26(33-35(27)18-17-34)22-12-9-8-10-13-22/h8-10,12-13,20-21,23,25H,6-7,11,14-19H2,1-5H3,(H,30,36)(H,31,37)/t23-,25+/m0/s1. The number of aromatic nitrogens is 3. The maximum Gasteiger partial charge on any atom is 0.243 e. The zero-order valence-electron chi connectivity index (χ0n) is 24.0. The predicted molar refractivity (Wildman–Crippen MR) is 156 cm³/mol. The minimum absolute atomic E-state index is 0.0210. The number of nitrogens with one attached hydrogen (secondary N) is 2. The number of rotatable bonds is 8. The summed E-state index contributed by atoms with van der Waals surface area (Å²) in [5.41, 5.74) is 0.888. The Morgan fingerprint density at radius 3 is 2.44 bits per heavy atom. The highest BCUT2D eigenvalue weighted by molar-refractivity contribution is 7.98. The lowest BCUT2D eigenvalue weighted by atomic mass is 10.0. The van der Waals surface area contributed by atoms with E-state index in [9.17, 15) is 14.4 Å². The molecular weight excluding hydrogens is 512 g/mol. The number of fused-ring (bicyclic) bond motifs is 1. The number of benzene rings is 1. The molecule has 3 rings (SSSR count). The highest BCUT2D eigenvalue weighted by atomic mass is 32.2. The van der Waals surface area contributed by atoms with Gasteiger partial charge in [-0.2, -0.15) is 16.9 Å². The molecule has 2 N–H and O–H groups in total. The molecule has 9 nitrogen and oxygen atoms in total. The number of thioether (sulfide) groups is 1. The van der Waals surface area contributed by atoms with Crippen LogP contribution in [0.4, 0.5) is 0 Å². The van der Waals surface area contributed by atoms with Crippen molar-refractivity contribution in [1.29, 1.82) is 0 Å².